The molecule has 0 fully saturated rings. The van der Waals surface area contributed by atoms with Gasteiger partial charge in [0.1, 0.15) is 0 Å². The molecule has 4 nitrogen and oxygen atoms in total. The lowest BCUT2D eigenvalue weighted by atomic mass is 10.0. The van der Waals surface area contributed by atoms with Gasteiger partial charge in [0.15, 0.2) is 0 Å². The van der Waals surface area contributed by atoms with Crippen molar-refractivity contribution in [2.24, 2.45) is 0 Å². The molecule has 0 aliphatic carbocycles. The van der Waals surface area contributed by atoms with Gasteiger partial charge in [-0.15, -0.1) is 0 Å². The third-order valence-electron chi connectivity index (χ3n) is 4.02. The maximum atomic E-state index is 11.9. The molecule has 100 valence electrons. The van der Waals surface area contributed by atoms with Gasteiger partial charge in [0.25, 0.3) is 0 Å². The number of methoxy groups -OCH3 is 1. The summed E-state index contributed by atoms with van der Waals surface area (Å²) in [6.45, 7) is 0.890. The second-order valence-corrected chi connectivity index (χ2v) is 5.04. The number of fused-ring (bicyclic) bond motifs is 5. The molecule has 0 radical (unpaired) electrons. The van der Waals surface area contributed by atoms with Gasteiger partial charge < -0.3 is 14.3 Å². The van der Waals surface area contributed by atoms with Crippen LogP contribution in [0.5, 0.6) is 0 Å². The molecule has 0 spiro atoms. The van der Waals surface area contributed by atoms with Gasteiger partial charge in [0.05, 0.1) is 24.1 Å². The number of H-pyrrole nitrogens is 1. The quantitative estimate of drug-likeness (QED) is 0.688. The molecule has 1 aliphatic heterocycles. The molecule has 0 amide bonds. The number of rotatable bonds is 1. The number of hydrogen-bond acceptors (Lipinski definition) is 2. The van der Waals surface area contributed by atoms with Gasteiger partial charge in [-0.1, -0.05) is 18.2 Å². The number of para-hydroxylation sites is 1. The zero-order valence-corrected chi connectivity index (χ0v) is 11.1. The first-order valence-electron chi connectivity index (χ1n) is 6.67. The highest BCUT2D eigenvalue weighted by Gasteiger charge is 2.26. The van der Waals surface area contributed by atoms with Crippen LogP contribution in [-0.4, -0.2) is 22.6 Å². The first-order chi connectivity index (χ1) is 9.79. The van der Waals surface area contributed by atoms with Crippen LogP contribution in [0.1, 0.15) is 15.9 Å². The molecule has 0 bridgehead atoms. The average molecular weight is 266 g/mol. The Bertz CT molecular complexity index is 826. The number of carbonyl (C=O) groups excluding carboxylic acids is 1. The molecule has 4 rings (SSSR count). The summed E-state index contributed by atoms with van der Waals surface area (Å²) < 4.78 is 7.00. The van der Waals surface area contributed by atoms with Crippen LogP contribution in [0.3, 0.4) is 0 Å². The molecule has 0 saturated carbocycles. The highest BCUT2D eigenvalue weighted by Crippen LogP contribution is 2.36. The van der Waals surface area contributed by atoms with E-state index in [0.717, 1.165) is 29.9 Å². The molecule has 3 aromatic rings. The van der Waals surface area contributed by atoms with Crippen molar-refractivity contribution < 1.29 is 9.53 Å². The van der Waals surface area contributed by atoms with Crippen LogP contribution in [0.15, 0.2) is 36.5 Å². The van der Waals surface area contributed by atoms with Gasteiger partial charge >= 0.3 is 5.97 Å². The lowest BCUT2D eigenvalue weighted by Gasteiger charge is -2.17. The molecule has 1 N–H and O–H groups in total. The topological polar surface area (TPSA) is 47.0 Å². The highest BCUT2D eigenvalue weighted by molar-refractivity contribution is 5.99. The van der Waals surface area contributed by atoms with Crippen LogP contribution in [-0.2, 0) is 17.7 Å². The third-order valence-corrected chi connectivity index (χ3v) is 4.02. The van der Waals surface area contributed by atoms with E-state index in [1.807, 2.05) is 24.4 Å². The Hall–Kier alpha value is -2.49. The number of aromatic amines is 1. The van der Waals surface area contributed by atoms with Crippen LogP contribution in [0.25, 0.3) is 22.3 Å². The number of hydrogen-bond donors (Lipinski definition) is 1. The Balaban J connectivity index is 2.02. The molecule has 0 unspecified atom stereocenters. The van der Waals surface area contributed by atoms with Crippen molar-refractivity contribution in [2.45, 2.75) is 13.0 Å². The monoisotopic (exact) mass is 266 g/mol. The van der Waals surface area contributed by atoms with Crippen molar-refractivity contribution in [3.8, 4) is 11.4 Å². The van der Waals surface area contributed by atoms with Crippen molar-refractivity contribution in [2.75, 3.05) is 7.11 Å². The van der Waals surface area contributed by atoms with E-state index in [9.17, 15) is 4.79 Å². The SMILES string of the molecule is COC(=O)c1ccn2c1-c1[nH]c3ccccc3c1CC2. The Morgan fingerprint density at radius 3 is 3.00 bits per heavy atom. The van der Waals surface area contributed by atoms with Gasteiger partial charge in [-0.3, -0.25) is 0 Å². The third kappa shape index (κ3) is 1.39. The predicted molar refractivity (Wildman–Crippen MR) is 76.8 cm³/mol. The van der Waals surface area contributed by atoms with E-state index in [-0.39, 0.29) is 5.97 Å². The van der Waals surface area contributed by atoms with Crippen molar-refractivity contribution in [3.05, 3.63) is 47.7 Å². The minimum atomic E-state index is -0.287. The van der Waals surface area contributed by atoms with Crippen molar-refractivity contribution in [1.82, 2.24) is 9.55 Å². The second-order valence-electron chi connectivity index (χ2n) is 5.04. The number of esters is 1. The highest BCUT2D eigenvalue weighted by atomic mass is 16.5. The largest absolute Gasteiger partial charge is 0.465 e. The summed E-state index contributed by atoms with van der Waals surface area (Å²) >= 11 is 0. The normalized spacial score (nSPS) is 13.1. The molecular formula is C16H14N2O2. The van der Waals surface area contributed by atoms with E-state index in [1.54, 1.807) is 0 Å². The summed E-state index contributed by atoms with van der Waals surface area (Å²) in [7, 11) is 1.42. The number of nitrogens with zero attached hydrogens (tertiary/aromatic N) is 1. The Morgan fingerprint density at radius 2 is 2.15 bits per heavy atom. The van der Waals surface area contributed by atoms with Crippen LogP contribution >= 0.6 is 0 Å². The molecule has 0 atom stereocenters. The number of aromatic nitrogens is 2. The smallest absolute Gasteiger partial charge is 0.340 e. The summed E-state index contributed by atoms with van der Waals surface area (Å²) in [5.74, 6) is -0.287. The number of ether oxygens (including phenoxy) is 1. The molecule has 2 aromatic heterocycles. The van der Waals surface area contributed by atoms with Crippen molar-refractivity contribution in [1.29, 1.82) is 0 Å². The summed E-state index contributed by atoms with van der Waals surface area (Å²) in [5, 5.41) is 1.24. The zero-order chi connectivity index (χ0) is 13.7. The zero-order valence-electron chi connectivity index (χ0n) is 11.1. The van der Waals surface area contributed by atoms with Crippen LogP contribution in [0.4, 0.5) is 0 Å². The first-order valence-corrected chi connectivity index (χ1v) is 6.67. The van der Waals surface area contributed by atoms with Gasteiger partial charge in [-0.25, -0.2) is 4.79 Å². The molecule has 4 heteroatoms. The summed E-state index contributed by atoms with van der Waals surface area (Å²) in [5.41, 5.74) is 5.01. The number of carbonyl (C=O) groups is 1. The average Bonchev–Trinajstić information content (AvgIpc) is 3.07. The minimum Gasteiger partial charge on any atom is -0.465 e. The standard InChI is InChI=1S/C16H14N2O2/c1-20-16(19)12-7-9-18-8-6-11-10-4-2-3-5-13(10)17-14(11)15(12)18/h2-5,7,9,17H,6,8H2,1H3. The second kappa shape index (κ2) is 4.00. The number of aryl methyl sites for hydroxylation is 2. The van der Waals surface area contributed by atoms with Gasteiger partial charge in [-0.2, -0.15) is 0 Å². The van der Waals surface area contributed by atoms with E-state index < -0.39 is 0 Å². The molecular weight excluding hydrogens is 252 g/mol. The molecule has 1 aromatic carbocycles. The Labute approximate surface area is 116 Å². The Morgan fingerprint density at radius 1 is 1.30 bits per heavy atom. The van der Waals surface area contributed by atoms with E-state index in [1.165, 1.54) is 18.1 Å². The maximum absolute atomic E-state index is 11.9. The van der Waals surface area contributed by atoms with Crippen LogP contribution in [0, 0.1) is 0 Å². The van der Waals surface area contributed by atoms with E-state index in [4.69, 9.17) is 4.74 Å². The fourth-order valence-electron chi connectivity index (χ4n) is 3.11. The summed E-state index contributed by atoms with van der Waals surface area (Å²) in [6, 6.07) is 10.1. The Kier molecular flexibility index (Phi) is 2.27. The lowest BCUT2D eigenvalue weighted by Crippen LogP contribution is -2.12. The van der Waals surface area contributed by atoms with E-state index in [0.29, 0.717) is 5.56 Å². The molecule has 1 aliphatic rings. The van der Waals surface area contributed by atoms with Crippen LogP contribution < -0.4 is 0 Å². The summed E-state index contributed by atoms with van der Waals surface area (Å²) in [4.78, 5) is 15.4. The first kappa shape index (κ1) is 11.3. The summed E-state index contributed by atoms with van der Waals surface area (Å²) in [6.07, 6.45) is 2.93. The fraction of sp³-hybridized carbons (Fsp3) is 0.188. The molecule has 20 heavy (non-hydrogen) atoms. The van der Waals surface area contributed by atoms with E-state index in [2.05, 4.69) is 21.7 Å². The van der Waals surface area contributed by atoms with Crippen molar-refractivity contribution in [3.63, 3.8) is 0 Å². The number of benzene rings is 1. The van der Waals surface area contributed by atoms with Gasteiger partial charge in [-0.05, 0) is 24.1 Å². The molecule has 0 saturated heterocycles. The van der Waals surface area contributed by atoms with E-state index >= 15 is 0 Å². The number of nitrogens with one attached hydrogen (secondary N) is 1. The van der Waals surface area contributed by atoms with Gasteiger partial charge in [0.2, 0.25) is 0 Å². The van der Waals surface area contributed by atoms with Crippen molar-refractivity contribution >= 4 is 16.9 Å². The predicted octanol–water partition coefficient (Wildman–Crippen LogP) is 2.98. The maximum Gasteiger partial charge on any atom is 0.340 e. The van der Waals surface area contributed by atoms with Crippen LogP contribution in [0.2, 0.25) is 0 Å². The fourth-order valence-corrected chi connectivity index (χ4v) is 3.11. The van der Waals surface area contributed by atoms with Gasteiger partial charge in [0, 0.05) is 23.6 Å². The lowest BCUT2D eigenvalue weighted by molar-refractivity contribution is 0.0601. The minimum absolute atomic E-state index is 0.287. The molecule has 3 heterocycles.